The molecule has 1 aromatic heterocycles. The van der Waals surface area contributed by atoms with Crippen LogP contribution in [0.5, 0.6) is 5.88 Å². The van der Waals surface area contributed by atoms with Crippen LogP contribution in [0, 0.1) is 0 Å². The monoisotopic (exact) mass is 278 g/mol. The highest BCUT2D eigenvalue weighted by atomic mass is 79.9. The summed E-state index contributed by atoms with van der Waals surface area (Å²) in [6, 6.07) is 0. The van der Waals surface area contributed by atoms with Crippen molar-refractivity contribution in [1.82, 2.24) is 9.97 Å². The van der Waals surface area contributed by atoms with Gasteiger partial charge in [-0.25, -0.2) is 4.98 Å². The van der Waals surface area contributed by atoms with Gasteiger partial charge in [-0.3, -0.25) is 0 Å². The van der Waals surface area contributed by atoms with E-state index in [0.29, 0.717) is 5.88 Å². The van der Waals surface area contributed by atoms with Crippen LogP contribution >= 0.6 is 27.5 Å². The van der Waals surface area contributed by atoms with Gasteiger partial charge in [0.15, 0.2) is 0 Å². The molecule has 5 heteroatoms. The van der Waals surface area contributed by atoms with Gasteiger partial charge in [0.1, 0.15) is 4.47 Å². The summed E-state index contributed by atoms with van der Waals surface area (Å²) >= 11 is 9.19. The molecule has 1 aromatic rings. The lowest BCUT2D eigenvalue weighted by atomic mass is 9.92. The normalized spacial score (nSPS) is 11.6. The average molecular weight is 280 g/mol. The van der Waals surface area contributed by atoms with Crippen molar-refractivity contribution in [2.45, 2.75) is 26.2 Å². The van der Waals surface area contributed by atoms with E-state index in [1.165, 1.54) is 0 Å². The Morgan fingerprint density at radius 1 is 1.29 bits per heavy atom. The van der Waals surface area contributed by atoms with Crippen LogP contribution in [-0.2, 0) is 5.41 Å². The molecule has 3 nitrogen and oxygen atoms in total. The molecule has 0 aliphatic carbocycles. The van der Waals surface area contributed by atoms with Gasteiger partial charge < -0.3 is 4.74 Å². The first-order valence-corrected chi connectivity index (χ1v) is 5.31. The van der Waals surface area contributed by atoms with Crippen LogP contribution in [0.25, 0.3) is 0 Å². The Bertz CT molecular complexity index is 349. The van der Waals surface area contributed by atoms with Gasteiger partial charge in [0.05, 0.1) is 12.8 Å². The molecule has 78 valence electrons. The molecular formula is C9H12BrClN2O. The van der Waals surface area contributed by atoms with Crippen LogP contribution in [0.3, 0.4) is 0 Å². The van der Waals surface area contributed by atoms with Crippen molar-refractivity contribution >= 4 is 27.5 Å². The van der Waals surface area contributed by atoms with E-state index in [1.807, 2.05) is 0 Å². The van der Waals surface area contributed by atoms with Crippen LogP contribution < -0.4 is 4.74 Å². The molecule has 0 radical (unpaired) electrons. The van der Waals surface area contributed by atoms with Gasteiger partial charge in [0.25, 0.3) is 0 Å². The van der Waals surface area contributed by atoms with Crippen LogP contribution in [-0.4, -0.2) is 17.1 Å². The third-order valence-corrected chi connectivity index (χ3v) is 2.58. The summed E-state index contributed by atoms with van der Waals surface area (Å²) in [5, 5.41) is 0.204. The van der Waals surface area contributed by atoms with Crippen molar-refractivity contribution in [3.8, 4) is 5.88 Å². The SMILES string of the molecule is COc1nc(Cl)nc(C(C)(C)C)c1Br. The maximum absolute atomic E-state index is 5.78. The van der Waals surface area contributed by atoms with E-state index >= 15 is 0 Å². The van der Waals surface area contributed by atoms with E-state index in [1.54, 1.807) is 7.11 Å². The summed E-state index contributed by atoms with van der Waals surface area (Å²) in [6.07, 6.45) is 0. The lowest BCUT2D eigenvalue weighted by molar-refractivity contribution is 0.390. The van der Waals surface area contributed by atoms with Crippen molar-refractivity contribution < 1.29 is 4.74 Å². The molecule has 0 aliphatic heterocycles. The summed E-state index contributed by atoms with van der Waals surface area (Å²) in [6.45, 7) is 6.15. The number of rotatable bonds is 1. The van der Waals surface area contributed by atoms with Gasteiger partial charge in [0.2, 0.25) is 11.2 Å². The third-order valence-electron chi connectivity index (χ3n) is 1.70. The molecule has 0 fully saturated rings. The van der Waals surface area contributed by atoms with Crippen LogP contribution in [0.15, 0.2) is 4.47 Å². The predicted octanol–water partition coefficient (Wildman–Crippen LogP) is 3.20. The number of hydrogen-bond acceptors (Lipinski definition) is 3. The zero-order valence-electron chi connectivity index (χ0n) is 8.56. The molecule has 0 spiro atoms. The number of ether oxygens (including phenoxy) is 1. The molecule has 0 saturated heterocycles. The molecule has 1 rings (SSSR count). The van der Waals surface area contributed by atoms with Gasteiger partial charge in [0, 0.05) is 5.41 Å². The summed E-state index contributed by atoms with van der Waals surface area (Å²) < 4.78 is 5.84. The van der Waals surface area contributed by atoms with Gasteiger partial charge in [-0.15, -0.1) is 0 Å². The van der Waals surface area contributed by atoms with E-state index in [0.717, 1.165) is 10.2 Å². The second-order valence-corrected chi connectivity index (χ2v) is 5.05. The molecule has 1 heterocycles. The fraction of sp³-hybridized carbons (Fsp3) is 0.556. The largest absolute Gasteiger partial charge is 0.480 e. The quantitative estimate of drug-likeness (QED) is 0.741. The summed E-state index contributed by atoms with van der Waals surface area (Å²) in [4.78, 5) is 8.13. The first kappa shape index (κ1) is 11.7. The third kappa shape index (κ3) is 2.36. The molecule has 0 atom stereocenters. The molecule has 0 unspecified atom stereocenters. The molecule has 0 amide bonds. The van der Waals surface area contributed by atoms with Gasteiger partial charge in [-0.05, 0) is 27.5 Å². The zero-order valence-corrected chi connectivity index (χ0v) is 10.9. The molecule has 0 N–H and O–H groups in total. The minimum Gasteiger partial charge on any atom is -0.480 e. The summed E-state index contributed by atoms with van der Waals surface area (Å²) in [5.41, 5.74) is 0.743. The van der Waals surface area contributed by atoms with Crippen LogP contribution in [0.2, 0.25) is 5.28 Å². The highest BCUT2D eigenvalue weighted by Gasteiger charge is 2.23. The number of hydrogen-bond donors (Lipinski definition) is 0. The van der Waals surface area contributed by atoms with E-state index < -0.39 is 0 Å². The Kier molecular flexibility index (Phi) is 3.37. The number of aromatic nitrogens is 2. The van der Waals surface area contributed by atoms with E-state index in [2.05, 4.69) is 46.7 Å². The second-order valence-electron chi connectivity index (χ2n) is 3.91. The first-order valence-electron chi connectivity index (χ1n) is 4.13. The molecule has 14 heavy (non-hydrogen) atoms. The van der Waals surface area contributed by atoms with E-state index in [9.17, 15) is 0 Å². The lowest BCUT2D eigenvalue weighted by Crippen LogP contribution is -2.15. The van der Waals surface area contributed by atoms with Gasteiger partial charge in [-0.1, -0.05) is 20.8 Å². The highest BCUT2D eigenvalue weighted by Crippen LogP contribution is 2.34. The predicted molar refractivity (Wildman–Crippen MR) is 60.0 cm³/mol. The van der Waals surface area contributed by atoms with Gasteiger partial charge >= 0.3 is 0 Å². The summed E-state index contributed by atoms with van der Waals surface area (Å²) in [7, 11) is 1.55. The first-order chi connectivity index (χ1) is 6.36. The summed E-state index contributed by atoms with van der Waals surface area (Å²) in [5.74, 6) is 0.468. The number of nitrogens with zero attached hydrogens (tertiary/aromatic N) is 2. The van der Waals surface area contributed by atoms with Crippen molar-refractivity contribution in [2.24, 2.45) is 0 Å². The molecule has 0 bridgehead atoms. The Morgan fingerprint density at radius 3 is 2.29 bits per heavy atom. The fourth-order valence-electron chi connectivity index (χ4n) is 1.03. The van der Waals surface area contributed by atoms with E-state index in [4.69, 9.17) is 16.3 Å². The average Bonchev–Trinajstić information content (AvgIpc) is 2.06. The zero-order chi connectivity index (χ0) is 10.9. The Hall–Kier alpha value is -0.350. The van der Waals surface area contributed by atoms with Crippen LogP contribution in [0.4, 0.5) is 0 Å². The maximum atomic E-state index is 5.78. The molecular weight excluding hydrogens is 267 g/mol. The Balaban J connectivity index is 3.37. The molecule has 0 saturated carbocycles. The lowest BCUT2D eigenvalue weighted by Gasteiger charge is -2.20. The minimum atomic E-state index is -0.0985. The van der Waals surface area contributed by atoms with Crippen LogP contribution in [0.1, 0.15) is 26.5 Å². The fourth-order valence-corrected chi connectivity index (χ4v) is 2.13. The number of methoxy groups -OCH3 is 1. The molecule has 0 aliphatic rings. The number of halogens is 2. The van der Waals surface area contributed by atoms with Crippen molar-refractivity contribution in [2.75, 3.05) is 7.11 Å². The van der Waals surface area contributed by atoms with Crippen molar-refractivity contribution in [1.29, 1.82) is 0 Å². The smallest absolute Gasteiger partial charge is 0.232 e. The molecule has 0 aromatic carbocycles. The topological polar surface area (TPSA) is 35.0 Å². The second kappa shape index (κ2) is 4.03. The Labute approximate surface area is 97.0 Å². The highest BCUT2D eigenvalue weighted by molar-refractivity contribution is 9.10. The van der Waals surface area contributed by atoms with Gasteiger partial charge in [-0.2, -0.15) is 4.98 Å². The standard InChI is InChI=1S/C9H12BrClN2O/c1-9(2,3)6-5(10)7(14-4)13-8(11)12-6/h1-4H3. The minimum absolute atomic E-state index is 0.0985. The van der Waals surface area contributed by atoms with Crippen molar-refractivity contribution in [3.05, 3.63) is 15.5 Å². The van der Waals surface area contributed by atoms with Crippen molar-refractivity contribution in [3.63, 3.8) is 0 Å². The Morgan fingerprint density at radius 2 is 1.86 bits per heavy atom. The van der Waals surface area contributed by atoms with E-state index in [-0.39, 0.29) is 10.7 Å². The maximum Gasteiger partial charge on any atom is 0.232 e.